The Hall–Kier alpha value is -3.92. The fourth-order valence-corrected chi connectivity index (χ4v) is 6.17. The second kappa shape index (κ2) is 12.3. The smallest absolute Gasteiger partial charge is 0.264 e. The zero-order valence-corrected chi connectivity index (χ0v) is 23.4. The minimum Gasteiger partial charge on any atom is -0.497 e. The largest absolute Gasteiger partial charge is 0.497 e. The van der Waals surface area contributed by atoms with Crippen LogP contribution in [-0.2, 0) is 21.2 Å². The number of fused-ring (bicyclic) bond motifs is 1. The molecule has 0 aromatic heterocycles. The van der Waals surface area contributed by atoms with Gasteiger partial charge >= 0.3 is 0 Å². The molecular formula is C29H34N2O7S. The lowest BCUT2D eigenvalue weighted by Crippen LogP contribution is -2.42. The molecule has 0 saturated heterocycles. The molecule has 0 aliphatic heterocycles. The van der Waals surface area contributed by atoms with E-state index in [4.69, 9.17) is 18.9 Å². The maximum absolute atomic E-state index is 13.9. The molecule has 3 aromatic rings. The number of carbonyl (C=O) groups is 1. The Bertz CT molecular complexity index is 1410. The van der Waals surface area contributed by atoms with Gasteiger partial charge in [-0.05, 0) is 85.8 Å². The molecule has 9 nitrogen and oxygen atoms in total. The van der Waals surface area contributed by atoms with E-state index in [1.165, 1.54) is 32.4 Å². The van der Waals surface area contributed by atoms with Gasteiger partial charge in [0.25, 0.3) is 10.0 Å². The molecule has 1 aliphatic carbocycles. The molecule has 0 heterocycles. The van der Waals surface area contributed by atoms with Gasteiger partial charge in [-0.2, -0.15) is 0 Å². The molecule has 0 bridgehead atoms. The fraction of sp³-hybridized carbons (Fsp3) is 0.345. The van der Waals surface area contributed by atoms with Crippen molar-refractivity contribution in [2.45, 2.75) is 37.1 Å². The fourth-order valence-electron chi connectivity index (χ4n) is 4.73. The van der Waals surface area contributed by atoms with Crippen molar-refractivity contribution >= 4 is 21.6 Å². The molecule has 3 aromatic carbocycles. The number of benzene rings is 3. The van der Waals surface area contributed by atoms with Gasteiger partial charge in [0.05, 0.1) is 44.6 Å². The minimum absolute atomic E-state index is 0.0306. The molecule has 1 amide bonds. The van der Waals surface area contributed by atoms with Crippen molar-refractivity contribution in [3.8, 4) is 23.0 Å². The maximum Gasteiger partial charge on any atom is 0.264 e. The zero-order valence-electron chi connectivity index (χ0n) is 22.6. The van der Waals surface area contributed by atoms with Crippen LogP contribution in [0.5, 0.6) is 23.0 Å². The van der Waals surface area contributed by atoms with E-state index >= 15 is 0 Å². The predicted octanol–water partition coefficient (Wildman–Crippen LogP) is 4.50. The van der Waals surface area contributed by atoms with Crippen molar-refractivity contribution in [3.05, 3.63) is 71.8 Å². The normalized spacial score (nSPS) is 14.6. The van der Waals surface area contributed by atoms with Crippen LogP contribution in [0.1, 0.15) is 36.9 Å². The first-order valence-electron chi connectivity index (χ1n) is 12.7. The van der Waals surface area contributed by atoms with E-state index in [-0.39, 0.29) is 16.7 Å². The average molecular weight is 555 g/mol. The molecule has 1 atom stereocenters. The maximum atomic E-state index is 13.9. The van der Waals surface area contributed by atoms with Gasteiger partial charge in [0.15, 0.2) is 11.5 Å². The number of ether oxygens (including phenoxy) is 4. The monoisotopic (exact) mass is 554 g/mol. The first kappa shape index (κ1) is 28.1. The van der Waals surface area contributed by atoms with Gasteiger partial charge < -0.3 is 24.3 Å². The van der Waals surface area contributed by atoms with E-state index in [0.29, 0.717) is 23.8 Å². The van der Waals surface area contributed by atoms with Crippen LogP contribution in [0.2, 0.25) is 0 Å². The molecule has 0 saturated carbocycles. The second-order valence-corrected chi connectivity index (χ2v) is 10.9. The number of amides is 1. The summed E-state index contributed by atoms with van der Waals surface area (Å²) in [5.74, 6) is 1.62. The SMILES string of the molecule is CCOc1ccc(N(CC(=O)NC2CCCc3cc(OC)ccc32)S(=O)(=O)c2ccc(OC)c(OC)c2)cc1. The van der Waals surface area contributed by atoms with E-state index in [9.17, 15) is 13.2 Å². The van der Waals surface area contributed by atoms with Gasteiger partial charge in [-0.25, -0.2) is 8.42 Å². The third-order valence-electron chi connectivity index (χ3n) is 6.67. The van der Waals surface area contributed by atoms with Gasteiger partial charge in [0.2, 0.25) is 5.91 Å². The molecule has 1 unspecified atom stereocenters. The number of sulfonamides is 1. The first-order chi connectivity index (χ1) is 18.8. The summed E-state index contributed by atoms with van der Waals surface area (Å²) in [5.41, 5.74) is 2.47. The van der Waals surface area contributed by atoms with Gasteiger partial charge in [0, 0.05) is 6.07 Å². The number of rotatable bonds is 11. The van der Waals surface area contributed by atoms with E-state index in [1.807, 2.05) is 25.1 Å². The number of methoxy groups -OCH3 is 3. The zero-order chi connectivity index (χ0) is 28.0. The molecule has 0 radical (unpaired) electrons. The number of nitrogens with one attached hydrogen (secondary N) is 1. The topological polar surface area (TPSA) is 103 Å². The Balaban J connectivity index is 1.65. The number of hydrogen-bond acceptors (Lipinski definition) is 7. The van der Waals surface area contributed by atoms with E-state index in [1.54, 1.807) is 31.4 Å². The van der Waals surface area contributed by atoms with Crippen molar-refractivity contribution in [3.63, 3.8) is 0 Å². The lowest BCUT2D eigenvalue weighted by molar-refractivity contribution is -0.120. The average Bonchev–Trinajstić information content (AvgIpc) is 2.96. The number of nitrogens with zero attached hydrogens (tertiary/aromatic N) is 1. The van der Waals surface area contributed by atoms with Crippen molar-refractivity contribution in [1.29, 1.82) is 0 Å². The van der Waals surface area contributed by atoms with Crippen molar-refractivity contribution in [2.75, 3.05) is 38.8 Å². The van der Waals surface area contributed by atoms with Crippen LogP contribution in [0.25, 0.3) is 0 Å². The van der Waals surface area contributed by atoms with Gasteiger partial charge in [-0.3, -0.25) is 9.10 Å². The molecule has 4 rings (SSSR count). The van der Waals surface area contributed by atoms with Crippen LogP contribution in [0.15, 0.2) is 65.6 Å². The Kier molecular flexibility index (Phi) is 8.86. The molecule has 0 spiro atoms. The Morgan fingerprint density at radius 3 is 2.31 bits per heavy atom. The Labute approximate surface area is 229 Å². The number of aryl methyl sites for hydroxylation is 1. The molecular weight excluding hydrogens is 520 g/mol. The summed E-state index contributed by atoms with van der Waals surface area (Å²) in [4.78, 5) is 13.4. The van der Waals surface area contributed by atoms with Crippen molar-refractivity contribution < 1.29 is 32.2 Å². The minimum atomic E-state index is -4.16. The molecule has 1 N–H and O–H groups in total. The summed E-state index contributed by atoms with van der Waals surface area (Å²) in [6.45, 7) is 1.93. The predicted molar refractivity (Wildman–Crippen MR) is 149 cm³/mol. The molecule has 208 valence electrons. The molecule has 1 aliphatic rings. The summed E-state index contributed by atoms with van der Waals surface area (Å²) in [5, 5.41) is 3.05. The summed E-state index contributed by atoms with van der Waals surface area (Å²) >= 11 is 0. The van der Waals surface area contributed by atoms with Crippen molar-refractivity contribution in [1.82, 2.24) is 5.32 Å². The van der Waals surface area contributed by atoms with Crippen LogP contribution in [0.4, 0.5) is 5.69 Å². The molecule has 10 heteroatoms. The first-order valence-corrected chi connectivity index (χ1v) is 14.2. The van der Waals surface area contributed by atoms with Gasteiger partial charge in [-0.15, -0.1) is 0 Å². The van der Waals surface area contributed by atoms with Crippen LogP contribution >= 0.6 is 0 Å². The highest BCUT2D eigenvalue weighted by atomic mass is 32.2. The highest BCUT2D eigenvalue weighted by Crippen LogP contribution is 2.34. The third-order valence-corrected chi connectivity index (χ3v) is 8.44. The summed E-state index contributed by atoms with van der Waals surface area (Å²) in [6, 6.07) is 16.5. The lowest BCUT2D eigenvalue weighted by atomic mass is 9.87. The quantitative estimate of drug-likeness (QED) is 0.372. The lowest BCUT2D eigenvalue weighted by Gasteiger charge is -2.29. The highest BCUT2D eigenvalue weighted by Gasteiger charge is 2.30. The Morgan fingerprint density at radius 2 is 1.64 bits per heavy atom. The number of anilines is 1. The second-order valence-electron chi connectivity index (χ2n) is 9.03. The number of hydrogen-bond donors (Lipinski definition) is 1. The Morgan fingerprint density at radius 1 is 0.923 bits per heavy atom. The van der Waals surface area contributed by atoms with Crippen LogP contribution in [0, 0.1) is 0 Å². The molecule has 0 fully saturated rings. The van der Waals surface area contributed by atoms with Crippen LogP contribution in [-0.4, -0.2) is 48.8 Å². The standard InChI is InChI=1S/C29H34N2O7S/c1-5-38-22-11-9-21(10-12-22)31(39(33,34)24-14-16-27(36-3)28(18-24)37-4)19-29(32)30-26-8-6-7-20-17-23(35-2)13-15-25(20)26/h9-18,26H,5-8,19H2,1-4H3,(H,30,32). The summed E-state index contributed by atoms with van der Waals surface area (Å²) in [7, 11) is 0.369. The van der Waals surface area contributed by atoms with E-state index in [2.05, 4.69) is 5.32 Å². The van der Waals surface area contributed by atoms with E-state index < -0.39 is 22.5 Å². The summed E-state index contributed by atoms with van der Waals surface area (Å²) in [6.07, 6.45) is 2.55. The van der Waals surface area contributed by atoms with E-state index in [0.717, 1.165) is 40.4 Å². The van der Waals surface area contributed by atoms with Gasteiger partial charge in [0.1, 0.15) is 18.0 Å². The molecule has 39 heavy (non-hydrogen) atoms. The van der Waals surface area contributed by atoms with Gasteiger partial charge in [-0.1, -0.05) is 6.07 Å². The van der Waals surface area contributed by atoms with Crippen LogP contribution in [0.3, 0.4) is 0 Å². The van der Waals surface area contributed by atoms with Crippen LogP contribution < -0.4 is 28.6 Å². The highest BCUT2D eigenvalue weighted by molar-refractivity contribution is 7.92. The van der Waals surface area contributed by atoms with Crippen molar-refractivity contribution in [2.24, 2.45) is 0 Å². The summed E-state index contributed by atoms with van der Waals surface area (Å²) < 4.78 is 50.4. The third kappa shape index (κ3) is 6.22. The number of carbonyl (C=O) groups excluding carboxylic acids is 1.